The van der Waals surface area contributed by atoms with E-state index in [0.717, 1.165) is 43.1 Å². The largest absolute Gasteiger partial charge is 0.493 e. The molecule has 2 N–H and O–H groups in total. The Hall–Kier alpha value is -1.87. The summed E-state index contributed by atoms with van der Waals surface area (Å²) in [6.45, 7) is 8.22. The zero-order valence-electron chi connectivity index (χ0n) is 17.6. The van der Waals surface area contributed by atoms with E-state index < -0.39 is 0 Å². The molecule has 7 heteroatoms. The molecule has 0 saturated carbocycles. The molecule has 1 heterocycles. The van der Waals surface area contributed by atoms with Gasteiger partial charge in [-0.05, 0) is 49.6 Å². The number of hydrogen-bond donors (Lipinski definition) is 2. The van der Waals surface area contributed by atoms with Crippen molar-refractivity contribution in [1.29, 1.82) is 0 Å². The van der Waals surface area contributed by atoms with Crippen LogP contribution in [0.2, 0.25) is 0 Å². The van der Waals surface area contributed by atoms with E-state index in [1.807, 2.05) is 6.92 Å². The van der Waals surface area contributed by atoms with E-state index in [4.69, 9.17) is 9.47 Å². The van der Waals surface area contributed by atoms with Crippen molar-refractivity contribution in [2.24, 2.45) is 10.9 Å². The lowest BCUT2D eigenvalue weighted by Crippen LogP contribution is -2.36. The number of nitrogens with one attached hydrogen (secondary N) is 2. The topological polar surface area (TPSA) is 54.9 Å². The van der Waals surface area contributed by atoms with Crippen LogP contribution in [0.15, 0.2) is 47.5 Å². The fourth-order valence-electron chi connectivity index (χ4n) is 3.15. The molecule has 2 aromatic carbocycles. The molecule has 3 rings (SSSR count). The third-order valence-electron chi connectivity index (χ3n) is 4.84. The zero-order valence-corrected chi connectivity index (χ0v) is 19.9. The lowest BCUT2D eigenvalue weighted by atomic mass is 10.1. The highest BCUT2D eigenvalue weighted by molar-refractivity contribution is 14.0. The van der Waals surface area contributed by atoms with E-state index >= 15 is 0 Å². The second-order valence-electron chi connectivity index (χ2n) is 7.33. The van der Waals surface area contributed by atoms with Crippen LogP contribution in [0, 0.1) is 18.7 Å². The van der Waals surface area contributed by atoms with Gasteiger partial charge in [-0.2, -0.15) is 0 Å². The fourth-order valence-corrected chi connectivity index (χ4v) is 3.15. The fraction of sp³-hybridized carbons (Fsp3) is 0.435. The molecule has 0 aromatic heterocycles. The van der Waals surface area contributed by atoms with Crippen molar-refractivity contribution in [2.45, 2.75) is 33.4 Å². The molecule has 0 bridgehead atoms. The molecular weight excluding hydrogens is 496 g/mol. The summed E-state index contributed by atoms with van der Waals surface area (Å²) >= 11 is 0. The summed E-state index contributed by atoms with van der Waals surface area (Å²) < 4.78 is 24.6. The van der Waals surface area contributed by atoms with Crippen LogP contribution < -0.4 is 15.4 Å². The van der Waals surface area contributed by atoms with Gasteiger partial charge in [0.05, 0.1) is 19.8 Å². The van der Waals surface area contributed by atoms with Crippen LogP contribution in [-0.2, 0) is 17.8 Å². The zero-order chi connectivity index (χ0) is 20.5. The van der Waals surface area contributed by atoms with Gasteiger partial charge in [0, 0.05) is 31.2 Å². The summed E-state index contributed by atoms with van der Waals surface area (Å²) in [4.78, 5) is 4.60. The van der Waals surface area contributed by atoms with Crippen LogP contribution in [0.3, 0.4) is 0 Å². The Morgan fingerprint density at radius 1 is 1.20 bits per heavy atom. The van der Waals surface area contributed by atoms with Gasteiger partial charge in [0.2, 0.25) is 0 Å². The van der Waals surface area contributed by atoms with Crippen LogP contribution in [0.25, 0.3) is 0 Å². The molecule has 1 atom stereocenters. The number of aliphatic imine (C=N–C) groups is 1. The molecule has 30 heavy (non-hydrogen) atoms. The smallest absolute Gasteiger partial charge is 0.191 e. The predicted octanol–water partition coefficient (Wildman–Crippen LogP) is 4.42. The number of rotatable bonds is 8. The maximum absolute atomic E-state index is 13.1. The monoisotopic (exact) mass is 527 g/mol. The van der Waals surface area contributed by atoms with Gasteiger partial charge in [-0.3, -0.25) is 0 Å². The molecular formula is C23H31FIN3O2. The van der Waals surface area contributed by atoms with Crippen LogP contribution in [0.5, 0.6) is 5.75 Å². The van der Waals surface area contributed by atoms with E-state index in [2.05, 4.69) is 40.7 Å². The van der Waals surface area contributed by atoms with Crippen molar-refractivity contribution in [3.05, 3.63) is 65.0 Å². The highest BCUT2D eigenvalue weighted by Crippen LogP contribution is 2.22. The van der Waals surface area contributed by atoms with E-state index in [0.29, 0.717) is 31.6 Å². The maximum Gasteiger partial charge on any atom is 0.191 e. The van der Waals surface area contributed by atoms with Gasteiger partial charge in [0.25, 0.3) is 0 Å². The lowest BCUT2D eigenvalue weighted by Gasteiger charge is -2.17. The molecule has 1 aliphatic rings. The highest BCUT2D eigenvalue weighted by Gasteiger charge is 2.17. The first kappa shape index (κ1) is 24.4. The average Bonchev–Trinajstić information content (AvgIpc) is 3.24. The molecule has 0 amide bonds. The summed E-state index contributed by atoms with van der Waals surface area (Å²) in [6, 6.07) is 12.7. The van der Waals surface area contributed by atoms with Crippen LogP contribution in [0.4, 0.5) is 4.39 Å². The average molecular weight is 527 g/mol. The first-order valence-electron chi connectivity index (χ1n) is 10.2. The summed E-state index contributed by atoms with van der Waals surface area (Å²) in [5, 5.41) is 6.62. The highest BCUT2D eigenvalue weighted by atomic mass is 127. The summed E-state index contributed by atoms with van der Waals surface area (Å²) in [6.07, 6.45) is 1.06. The number of halogens is 2. The van der Waals surface area contributed by atoms with Crippen molar-refractivity contribution >= 4 is 29.9 Å². The minimum atomic E-state index is -0.237. The van der Waals surface area contributed by atoms with Crippen LogP contribution in [-0.4, -0.2) is 32.3 Å². The summed E-state index contributed by atoms with van der Waals surface area (Å²) in [5.74, 6) is 1.84. The molecule has 1 aliphatic heterocycles. The van der Waals surface area contributed by atoms with Crippen molar-refractivity contribution in [3.63, 3.8) is 0 Å². The van der Waals surface area contributed by atoms with E-state index in [9.17, 15) is 4.39 Å². The van der Waals surface area contributed by atoms with Gasteiger partial charge in [0.1, 0.15) is 11.6 Å². The van der Waals surface area contributed by atoms with Crippen molar-refractivity contribution in [2.75, 3.05) is 26.4 Å². The van der Waals surface area contributed by atoms with Crippen molar-refractivity contribution in [3.8, 4) is 5.75 Å². The van der Waals surface area contributed by atoms with E-state index in [-0.39, 0.29) is 29.8 Å². The normalized spacial score (nSPS) is 16.1. The van der Waals surface area contributed by atoms with Gasteiger partial charge < -0.3 is 20.1 Å². The Balaban J connectivity index is 0.00000320. The second kappa shape index (κ2) is 12.7. The molecule has 0 radical (unpaired) electrons. The molecule has 1 unspecified atom stereocenters. The Morgan fingerprint density at radius 3 is 2.70 bits per heavy atom. The summed E-state index contributed by atoms with van der Waals surface area (Å²) in [5.41, 5.74) is 3.21. The molecule has 2 aromatic rings. The number of aryl methyl sites for hydroxylation is 1. The first-order chi connectivity index (χ1) is 14.1. The van der Waals surface area contributed by atoms with E-state index in [1.54, 1.807) is 12.1 Å². The number of guanidine groups is 1. The Labute approximate surface area is 195 Å². The minimum Gasteiger partial charge on any atom is -0.493 e. The van der Waals surface area contributed by atoms with Gasteiger partial charge >= 0.3 is 0 Å². The Bertz CT molecular complexity index is 809. The van der Waals surface area contributed by atoms with Crippen molar-refractivity contribution in [1.82, 2.24) is 10.6 Å². The number of hydrogen-bond acceptors (Lipinski definition) is 3. The van der Waals surface area contributed by atoms with Crippen molar-refractivity contribution < 1.29 is 13.9 Å². The maximum atomic E-state index is 13.1. The second-order valence-corrected chi connectivity index (χ2v) is 7.33. The first-order valence-corrected chi connectivity index (χ1v) is 10.2. The number of benzene rings is 2. The van der Waals surface area contributed by atoms with Gasteiger partial charge in [-0.1, -0.05) is 24.3 Å². The number of nitrogens with zero attached hydrogens (tertiary/aromatic N) is 1. The molecule has 0 spiro atoms. The van der Waals surface area contributed by atoms with Crippen LogP contribution >= 0.6 is 24.0 Å². The molecule has 5 nitrogen and oxygen atoms in total. The quantitative estimate of drug-likeness (QED) is 0.303. The molecule has 1 fully saturated rings. The SMILES string of the molecule is CCNC(=NCc1ccc(F)cc1)NCc1ccc(C)cc1OCC1CCOC1.I. The van der Waals surface area contributed by atoms with Gasteiger partial charge in [-0.15, -0.1) is 24.0 Å². The Morgan fingerprint density at radius 2 is 2.00 bits per heavy atom. The van der Waals surface area contributed by atoms with Crippen LogP contribution in [0.1, 0.15) is 30.0 Å². The number of ether oxygens (including phenoxy) is 2. The third-order valence-corrected chi connectivity index (χ3v) is 4.84. The van der Waals surface area contributed by atoms with Gasteiger partial charge in [0.15, 0.2) is 5.96 Å². The lowest BCUT2D eigenvalue weighted by molar-refractivity contribution is 0.166. The molecule has 164 valence electrons. The molecule has 0 aliphatic carbocycles. The minimum absolute atomic E-state index is 0. The summed E-state index contributed by atoms with van der Waals surface area (Å²) in [7, 11) is 0. The Kier molecular flexibility index (Phi) is 10.4. The van der Waals surface area contributed by atoms with Gasteiger partial charge in [-0.25, -0.2) is 9.38 Å². The third kappa shape index (κ3) is 7.75. The van der Waals surface area contributed by atoms with E-state index in [1.165, 1.54) is 17.7 Å². The predicted molar refractivity (Wildman–Crippen MR) is 129 cm³/mol. The standard InChI is InChI=1S/C23H30FN3O2.HI/c1-3-25-23(26-13-18-5-8-21(24)9-6-18)27-14-20-7-4-17(2)12-22(20)29-16-19-10-11-28-15-19;/h4-9,12,19H,3,10-11,13-16H2,1-2H3,(H2,25,26,27);1H. The molecule has 1 saturated heterocycles.